The number of ketones is 3. The molecule has 0 spiro atoms. The van der Waals surface area contributed by atoms with Gasteiger partial charge in [-0.25, -0.2) is 0 Å². The average molecular weight is 1430 g/mol. The van der Waals surface area contributed by atoms with Gasteiger partial charge in [-0.05, 0) is 113 Å². The van der Waals surface area contributed by atoms with Crippen molar-refractivity contribution in [2.75, 3.05) is 27.4 Å². The number of benzene rings is 7. The van der Waals surface area contributed by atoms with Crippen LogP contribution >= 0.6 is 11.6 Å². The molecule has 0 aliphatic carbocycles. The first-order chi connectivity index (χ1) is 51.0. The molecule has 530 valence electrons. The topological polar surface area (TPSA) is 370 Å². The lowest BCUT2D eigenvalue weighted by Crippen LogP contribution is -2.22. The molecule has 0 fully saturated rings. The second-order valence-electron chi connectivity index (χ2n) is 22.7. The van der Waals surface area contributed by atoms with E-state index in [9.17, 15) is 49.0 Å². The molecule has 9 N–H and O–H groups in total. The van der Waals surface area contributed by atoms with Crippen molar-refractivity contribution in [2.24, 2.45) is 0 Å². The Morgan fingerprint density at radius 3 is 1.17 bits per heavy atom. The summed E-state index contributed by atoms with van der Waals surface area (Å²) in [4.78, 5) is 116. The maximum atomic E-state index is 12.8. The van der Waals surface area contributed by atoms with Gasteiger partial charge in [-0.1, -0.05) is 117 Å². The molecular formula is C80H68ClN15O10. The third-order valence-electron chi connectivity index (χ3n) is 15.6. The van der Waals surface area contributed by atoms with E-state index in [0.717, 1.165) is 49.7 Å². The molecule has 0 saturated heterocycles. The third-order valence-corrected chi connectivity index (χ3v) is 15.9. The number of hydrogen-bond donors (Lipinski definition) is 7. The highest BCUT2D eigenvalue weighted by Gasteiger charge is 2.24. The quantitative estimate of drug-likeness (QED) is 0.0118. The number of Topliss-reactive ketones (excluding diaryl/α,β-unsaturated/α-hetero) is 3. The summed E-state index contributed by atoms with van der Waals surface area (Å²) in [5.41, 5.74) is 21.7. The number of anilines is 5. The number of carbonyl (C=O) groups excluding carboxylic acids is 6. The molecule has 0 radical (unpaired) electrons. The van der Waals surface area contributed by atoms with Crippen LogP contribution in [0.4, 0.5) is 39.8 Å². The van der Waals surface area contributed by atoms with Crippen molar-refractivity contribution < 1.29 is 38.6 Å². The first kappa shape index (κ1) is 75.6. The van der Waals surface area contributed by atoms with Gasteiger partial charge in [-0.15, -0.1) is 11.6 Å². The number of aromatic nitrogens is 8. The lowest BCUT2D eigenvalue weighted by Gasteiger charge is -2.06. The third kappa shape index (κ3) is 20.6. The Balaban J connectivity index is 0.000000157. The zero-order valence-electron chi connectivity index (χ0n) is 55.6. The molecule has 0 atom stereocenters. The first-order valence-electron chi connectivity index (χ1n) is 32.0. The molecule has 0 aliphatic heterocycles. The van der Waals surface area contributed by atoms with Crippen LogP contribution in [0.2, 0.25) is 0 Å². The van der Waals surface area contributed by atoms with Gasteiger partial charge in [0.1, 0.15) is 0 Å². The molecule has 8 heterocycles. The standard InChI is InChI=1S/C22H16N4O4.C22H18N4O2.C15H11N3O2.C8H7N.C7H6ClNO2.C5H6N2.CH4/c27-21(22(28)24-16-9-11-23-12-10-16)19-14-25(20-4-2-1-3-18(19)20)13-15-5-7-17(8-6-15)26(29)30;23-16-7-5-15(6-8-16)13-26-14-19(18-3-1-2-4-20(18)26)21(27)22(28)25-17-9-11-24-12-10-17;19-14(15(20)18-10-5-7-16-8-6-10)12-9-17-13-4-2-1-3-11(12)13;1-2-4-8-7(3-1)5-6-9-8;8-5-6-1-3-7(4-2-6)9(10)11;6-5-1-3-7-4-2-5;/h1-12,14H,13H2,(H,23,24,28);1-12,14H,13,23H2,(H,24,25,28);1-9,17H,(H,16,18,20);1-6,9H;1-4H,5H2;1-4H,(H2,6,7);1H4. The number of aromatic amines is 2. The van der Waals surface area contributed by atoms with E-state index < -0.39 is 44.9 Å². The highest BCUT2D eigenvalue weighted by atomic mass is 35.5. The number of pyridine rings is 4. The summed E-state index contributed by atoms with van der Waals surface area (Å²) in [5.74, 6) is -3.49. The van der Waals surface area contributed by atoms with E-state index in [0.29, 0.717) is 63.8 Å². The minimum absolute atomic E-state index is 0. The monoisotopic (exact) mass is 1430 g/mol. The van der Waals surface area contributed by atoms with Crippen LogP contribution < -0.4 is 27.4 Å². The second kappa shape index (κ2) is 37.2. The number of rotatable bonds is 16. The summed E-state index contributed by atoms with van der Waals surface area (Å²) in [6, 6.07) is 65.7. The van der Waals surface area contributed by atoms with Gasteiger partial charge in [0.25, 0.3) is 46.4 Å². The summed E-state index contributed by atoms with van der Waals surface area (Å²) in [6.07, 6.45) is 19.4. The van der Waals surface area contributed by atoms with E-state index in [4.69, 9.17) is 23.1 Å². The van der Waals surface area contributed by atoms with Crippen molar-refractivity contribution in [1.82, 2.24) is 39.0 Å². The van der Waals surface area contributed by atoms with E-state index in [1.807, 2.05) is 106 Å². The van der Waals surface area contributed by atoms with E-state index in [-0.39, 0.29) is 18.8 Å². The molecule has 25 nitrogen and oxygen atoms in total. The van der Waals surface area contributed by atoms with Crippen LogP contribution in [0.15, 0.2) is 299 Å². The molecule has 106 heavy (non-hydrogen) atoms. The Labute approximate surface area is 610 Å². The Kier molecular flexibility index (Phi) is 26.5. The number of halogens is 1. The van der Waals surface area contributed by atoms with Crippen LogP contribution in [0.3, 0.4) is 0 Å². The maximum Gasteiger partial charge on any atom is 0.296 e. The fourth-order valence-electron chi connectivity index (χ4n) is 10.4. The number of nitro benzene ring substituents is 2. The van der Waals surface area contributed by atoms with Crippen molar-refractivity contribution in [3.63, 3.8) is 0 Å². The average Bonchev–Trinajstić information content (AvgIpc) is 1.67. The van der Waals surface area contributed by atoms with Gasteiger partial charge in [-0.3, -0.25) is 68.9 Å². The molecule has 0 unspecified atom stereocenters. The van der Waals surface area contributed by atoms with Gasteiger partial charge in [0, 0.05) is 184 Å². The number of amides is 3. The fourth-order valence-corrected chi connectivity index (χ4v) is 10.6. The minimum Gasteiger partial charge on any atom is -0.399 e. The van der Waals surface area contributed by atoms with Crippen molar-refractivity contribution in [1.29, 1.82) is 0 Å². The summed E-state index contributed by atoms with van der Waals surface area (Å²) < 4.78 is 3.82. The van der Waals surface area contributed by atoms with Crippen molar-refractivity contribution >= 4 is 130 Å². The minimum atomic E-state index is -0.737. The molecule has 15 rings (SSSR count). The Hall–Kier alpha value is -14.6. The second-order valence-corrected chi connectivity index (χ2v) is 23.0. The highest BCUT2D eigenvalue weighted by Crippen LogP contribution is 2.27. The molecule has 0 bridgehead atoms. The van der Waals surface area contributed by atoms with Gasteiger partial charge in [0.2, 0.25) is 0 Å². The van der Waals surface area contributed by atoms with E-state index in [1.54, 1.807) is 147 Å². The molecule has 8 aromatic heterocycles. The van der Waals surface area contributed by atoms with Crippen LogP contribution in [0.1, 0.15) is 55.2 Å². The number of para-hydroxylation sites is 4. The SMILES string of the molecule is C.Nc1ccc(Cn2cc(C(=O)C(=O)Nc3ccncc3)c3ccccc32)cc1.Nc1ccncc1.O=C(Nc1ccncc1)C(=O)c1c[nH]c2ccccc12.O=C(Nc1ccncc1)C(=O)c1cn(Cc2ccc([N+](=O)[O-])cc2)c2ccccc12.O=[N+]([O-])c1ccc(CCl)cc1.c1ccc2[nH]ccc2c1. The van der Waals surface area contributed by atoms with Crippen molar-refractivity contribution in [3.8, 4) is 0 Å². The predicted molar refractivity (Wildman–Crippen MR) is 412 cm³/mol. The first-order valence-corrected chi connectivity index (χ1v) is 32.6. The van der Waals surface area contributed by atoms with Gasteiger partial charge in [0.05, 0.1) is 26.5 Å². The van der Waals surface area contributed by atoms with Crippen LogP contribution in [0, 0.1) is 20.2 Å². The molecule has 15 aromatic rings. The number of fused-ring (bicyclic) bond motifs is 4. The number of nitro groups is 2. The molecule has 3 amide bonds. The van der Waals surface area contributed by atoms with Crippen LogP contribution in [0.5, 0.6) is 0 Å². The number of nitrogen functional groups attached to an aromatic ring is 2. The number of H-pyrrole nitrogens is 2. The molecule has 0 aliphatic rings. The zero-order valence-corrected chi connectivity index (χ0v) is 56.4. The lowest BCUT2D eigenvalue weighted by molar-refractivity contribution is -0.385. The Morgan fingerprint density at radius 2 is 0.764 bits per heavy atom. The number of nitrogens with one attached hydrogen (secondary N) is 5. The predicted octanol–water partition coefficient (Wildman–Crippen LogP) is 15.5. The molecule has 0 saturated carbocycles. The zero-order chi connectivity index (χ0) is 74.0. The lowest BCUT2D eigenvalue weighted by atomic mass is 10.1. The molecule has 7 aromatic carbocycles. The number of carbonyl (C=O) groups is 6. The van der Waals surface area contributed by atoms with E-state index in [1.165, 1.54) is 47.6 Å². The van der Waals surface area contributed by atoms with Gasteiger partial charge in [0.15, 0.2) is 0 Å². The number of hydrogen-bond acceptors (Lipinski definition) is 16. The Bertz CT molecular complexity index is 5460. The summed E-state index contributed by atoms with van der Waals surface area (Å²) in [5, 5.41) is 32.2. The van der Waals surface area contributed by atoms with Gasteiger partial charge in [-0.2, -0.15) is 0 Å². The number of nitrogens with two attached hydrogens (primary N) is 2. The van der Waals surface area contributed by atoms with Crippen molar-refractivity contribution in [3.05, 3.63) is 352 Å². The summed E-state index contributed by atoms with van der Waals surface area (Å²) in [7, 11) is 0. The highest BCUT2D eigenvalue weighted by molar-refractivity contribution is 6.49. The fraction of sp³-hybridized carbons (Fsp3) is 0.0500. The molecule has 26 heteroatoms. The van der Waals surface area contributed by atoms with Crippen LogP contribution in [-0.2, 0) is 33.4 Å². The number of alkyl halides is 1. The van der Waals surface area contributed by atoms with E-state index >= 15 is 0 Å². The van der Waals surface area contributed by atoms with Crippen LogP contribution in [0.25, 0.3) is 43.6 Å². The maximum absolute atomic E-state index is 12.8. The summed E-state index contributed by atoms with van der Waals surface area (Å²) in [6.45, 7) is 0.970. The van der Waals surface area contributed by atoms with Crippen molar-refractivity contribution in [2.45, 2.75) is 26.4 Å². The van der Waals surface area contributed by atoms with E-state index in [2.05, 4.69) is 64.1 Å². The van der Waals surface area contributed by atoms with Gasteiger partial charge >= 0.3 is 0 Å². The van der Waals surface area contributed by atoms with Gasteiger partial charge < -0.3 is 46.5 Å². The smallest absolute Gasteiger partial charge is 0.296 e. The summed E-state index contributed by atoms with van der Waals surface area (Å²) >= 11 is 5.49. The normalized spacial score (nSPS) is 10.2. The largest absolute Gasteiger partial charge is 0.399 e. The molecular weight excluding hydrogens is 1370 g/mol. The van der Waals surface area contributed by atoms with Crippen LogP contribution in [-0.4, -0.2) is 84.0 Å². The number of non-ortho nitro benzene ring substituents is 2. The Morgan fingerprint density at radius 1 is 0.406 bits per heavy atom. The number of nitrogens with zero attached hydrogens (tertiary/aromatic N) is 8.